The quantitative estimate of drug-likeness (QED) is 0.619. The molecule has 0 fully saturated rings. The maximum Gasteiger partial charge on any atom is 0.140 e. The molecule has 104 valence electrons. The molecular weight excluding hydrogens is 295 g/mol. The Hall–Kier alpha value is -1.13. The zero-order valence-electron chi connectivity index (χ0n) is 10.9. The number of benzene rings is 1. The van der Waals surface area contributed by atoms with Gasteiger partial charge < -0.3 is 0 Å². The summed E-state index contributed by atoms with van der Waals surface area (Å²) in [7, 11) is 0. The Morgan fingerprint density at radius 3 is 2.80 bits per heavy atom. The number of fused-ring (bicyclic) bond motifs is 1. The van der Waals surface area contributed by atoms with Gasteiger partial charge in [0.1, 0.15) is 16.8 Å². The van der Waals surface area contributed by atoms with Gasteiger partial charge in [0.15, 0.2) is 0 Å². The molecule has 0 spiro atoms. The normalized spacial score (nSPS) is 14.1. The van der Waals surface area contributed by atoms with Gasteiger partial charge in [-0.2, -0.15) is 0 Å². The molecule has 0 saturated heterocycles. The van der Waals surface area contributed by atoms with Gasteiger partial charge in [-0.25, -0.2) is 14.4 Å². The van der Waals surface area contributed by atoms with E-state index in [-0.39, 0.29) is 5.82 Å². The summed E-state index contributed by atoms with van der Waals surface area (Å²) in [5, 5.41) is 0.568. The number of halogens is 2. The van der Waals surface area contributed by atoms with E-state index in [0.717, 1.165) is 36.9 Å². The second-order valence-corrected chi connectivity index (χ2v) is 6.16. The molecule has 2 aromatic rings. The summed E-state index contributed by atoms with van der Waals surface area (Å²) < 4.78 is 13.6. The van der Waals surface area contributed by atoms with Crippen molar-refractivity contribution in [3.05, 3.63) is 52.3 Å². The van der Waals surface area contributed by atoms with Crippen LogP contribution in [0.2, 0.25) is 5.15 Å². The third kappa shape index (κ3) is 2.96. The van der Waals surface area contributed by atoms with Crippen molar-refractivity contribution >= 4 is 23.4 Å². The smallest absolute Gasteiger partial charge is 0.140 e. The fourth-order valence-corrected chi connectivity index (χ4v) is 3.46. The highest BCUT2D eigenvalue weighted by molar-refractivity contribution is 7.98. The van der Waals surface area contributed by atoms with Crippen LogP contribution in [0, 0.1) is 5.82 Å². The van der Waals surface area contributed by atoms with Crippen LogP contribution in [-0.4, -0.2) is 9.97 Å². The molecule has 5 heteroatoms. The van der Waals surface area contributed by atoms with E-state index >= 15 is 0 Å². The van der Waals surface area contributed by atoms with E-state index in [9.17, 15) is 4.39 Å². The molecule has 1 aromatic heterocycles. The lowest BCUT2D eigenvalue weighted by Crippen LogP contribution is -2.10. The topological polar surface area (TPSA) is 25.8 Å². The average molecular weight is 309 g/mol. The molecule has 0 amide bonds. The zero-order valence-corrected chi connectivity index (χ0v) is 12.5. The van der Waals surface area contributed by atoms with Gasteiger partial charge in [-0.15, -0.1) is 11.8 Å². The predicted molar refractivity (Wildman–Crippen MR) is 79.6 cm³/mol. The van der Waals surface area contributed by atoms with Crippen LogP contribution >= 0.6 is 23.4 Å². The summed E-state index contributed by atoms with van der Waals surface area (Å²) >= 11 is 7.63. The molecule has 20 heavy (non-hydrogen) atoms. The lowest BCUT2D eigenvalue weighted by molar-refractivity contribution is 0.602. The minimum absolute atomic E-state index is 0.207. The highest BCUT2D eigenvalue weighted by Gasteiger charge is 2.16. The number of hydrogen-bond acceptors (Lipinski definition) is 3. The monoisotopic (exact) mass is 308 g/mol. The van der Waals surface area contributed by atoms with Crippen molar-refractivity contribution in [2.24, 2.45) is 0 Å². The summed E-state index contributed by atoms with van der Waals surface area (Å²) in [5.41, 5.74) is 2.16. The lowest BCUT2D eigenvalue weighted by atomic mass is 9.97. The maximum atomic E-state index is 13.6. The minimum atomic E-state index is -0.207. The number of aromatic nitrogens is 2. The van der Waals surface area contributed by atoms with E-state index < -0.39 is 0 Å². The van der Waals surface area contributed by atoms with Crippen LogP contribution in [-0.2, 0) is 18.6 Å². The summed E-state index contributed by atoms with van der Waals surface area (Å²) in [6.45, 7) is 0. The molecule has 2 nitrogen and oxygen atoms in total. The standard InChI is InChI=1S/C15H14ClFN2S/c16-15-10-5-1-3-7-12(10)18-14(19-15)9-20-13-8-4-2-6-11(13)17/h2,4,6,8H,1,3,5,7,9H2. The van der Waals surface area contributed by atoms with Gasteiger partial charge in [-0.05, 0) is 37.8 Å². The fraction of sp³-hybridized carbons (Fsp3) is 0.333. The zero-order chi connectivity index (χ0) is 13.9. The first-order valence-electron chi connectivity index (χ1n) is 6.65. The van der Waals surface area contributed by atoms with Gasteiger partial charge in [0.05, 0.1) is 5.75 Å². The Labute approximate surface area is 126 Å². The van der Waals surface area contributed by atoms with Crippen LogP contribution in [0.4, 0.5) is 4.39 Å². The molecule has 0 atom stereocenters. The van der Waals surface area contributed by atoms with Gasteiger partial charge in [0.2, 0.25) is 0 Å². The number of hydrogen-bond donors (Lipinski definition) is 0. The second kappa shape index (κ2) is 6.10. The Morgan fingerprint density at radius 2 is 1.95 bits per heavy atom. The van der Waals surface area contributed by atoms with E-state index in [1.54, 1.807) is 12.1 Å². The Balaban J connectivity index is 1.78. The Morgan fingerprint density at radius 1 is 1.15 bits per heavy atom. The molecule has 0 N–H and O–H groups in total. The number of nitrogens with zero attached hydrogens (tertiary/aromatic N) is 2. The van der Waals surface area contributed by atoms with Gasteiger partial charge in [0.25, 0.3) is 0 Å². The minimum Gasteiger partial charge on any atom is -0.237 e. The van der Waals surface area contributed by atoms with Crippen molar-refractivity contribution in [3.63, 3.8) is 0 Å². The van der Waals surface area contributed by atoms with Crippen molar-refractivity contribution in [3.8, 4) is 0 Å². The van der Waals surface area contributed by atoms with Crippen molar-refractivity contribution in [2.75, 3.05) is 0 Å². The van der Waals surface area contributed by atoms with E-state index in [4.69, 9.17) is 11.6 Å². The van der Waals surface area contributed by atoms with Crippen LogP contribution in [0.3, 0.4) is 0 Å². The molecule has 0 saturated carbocycles. The number of aryl methyl sites for hydroxylation is 1. The molecule has 1 heterocycles. The van der Waals surface area contributed by atoms with Crippen LogP contribution in [0.5, 0.6) is 0 Å². The molecule has 3 rings (SSSR count). The van der Waals surface area contributed by atoms with Gasteiger partial charge in [-0.3, -0.25) is 0 Å². The molecule has 1 aliphatic rings. The van der Waals surface area contributed by atoms with E-state index in [1.807, 2.05) is 6.07 Å². The van der Waals surface area contributed by atoms with Crippen molar-refractivity contribution < 1.29 is 4.39 Å². The molecule has 0 unspecified atom stereocenters. The highest BCUT2D eigenvalue weighted by Crippen LogP contribution is 2.28. The first-order valence-corrected chi connectivity index (χ1v) is 8.02. The third-order valence-corrected chi connectivity index (χ3v) is 4.73. The number of rotatable bonds is 3. The van der Waals surface area contributed by atoms with E-state index in [2.05, 4.69) is 9.97 Å². The summed E-state index contributed by atoms with van der Waals surface area (Å²) in [5.74, 6) is 1.01. The SMILES string of the molecule is Fc1ccccc1SCc1nc(Cl)c2c(n1)CCCC2. The van der Waals surface area contributed by atoms with Crippen molar-refractivity contribution in [1.82, 2.24) is 9.97 Å². The average Bonchev–Trinajstić information content (AvgIpc) is 2.46. The predicted octanol–water partition coefficient (Wildman–Crippen LogP) is 4.44. The van der Waals surface area contributed by atoms with E-state index in [1.165, 1.54) is 17.8 Å². The second-order valence-electron chi connectivity index (χ2n) is 4.78. The molecule has 1 aromatic carbocycles. The summed E-state index contributed by atoms with van der Waals surface area (Å²) in [6, 6.07) is 6.74. The van der Waals surface area contributed by atoms with Crippen LogP contribution < -0.4 is 0 Å². The molecule has 1 aliphatic carbocycles. The van der Waals surface area contributed by atoms with Gasteiger partial charge >= 0.3 is 0 Å². The number of thioether (sulfide) groups is 1. The Bertz CT molecular complexity index is 633. The van der Waals surface area contributed by atoms with Gasteiger partial charge in [-0.1, -0.05) is 23.7 Å². The first-order chi connectivity index (χ1) is 9.74. The third-order valence-electron chi connectivity index (χ3n) is 3.37. The van der Waals surface area contributed by atoms with Crippen molar-refractivity contribution in [2.45, 2.75) is 36.3 Å². The molecule has 0 aliphatic heterocycles. The largest absolute Gasteiger partial charge is 0.237 e. The molecule has 0 radical (unpaired) electrons. The van der Waals surface area contributed by atoms with Crippen molar-refractivity contribution in [1.29, 1.82) is 0 Å². The summed E-state index contributed by atoms with van der Waals surface area (Å²) in [6.07, 6.45) is 4.24. The molecule has 0 bridgehead atoms. The van der Waals surface area contributed by atoms with Crippen LogP contribution in [0.25, 0.3) is 0 Å². The fourth-order valence-electron chi connectivity index (χ4n) is 2.37. The maximum absolute atomic E-state index is 13.6. The van der Waals surface area contributed by atoms with Gasteiger partial charge in [0, 0.05) is 16.2 Å². The Kier molecular flexibility index (Phi) is 4.22. The van der Waals surface area contributed by atoms with Crippen LogP contribution in [0.15, 0.2) is 29.2 Å². The summed E-state index contributed by atoms with van der Waals surface area (Å²) in [4.78, 5) is 9.54. The first kappa shape index (κ1) is 13.8. The molecular formula is C15H14ClFN2S. The lowest BCUT2D eigenvalue weighted by Gasteiger charge is -2.16. The highest BCUT2D eigenvalue weighted by atomic mass is 35.5. The van der Waals surface area contributed by atoms with Crippen LogP contribution in [0.1, 0.15) is 29.9 Å². The van der Waals surface area contributed by atoms with E-state index in [0.29, 0.717) is 21.6 Å².